The third kappa shape index (κ3) is 1.89. The topological polar surface area (TPSA) is 40.5 Å². The fourth-order valence-corrected chi connectivity index (χ4v) is 3.58. The van der Waals surface area contributed by atoms with Gasteiger partial charge in [0.05, 0.1) is 0 Å². The van der Waals surface area contributed by atoms with E-state index in [0.717, 1.165) is 11.8 Å². The summed E-state index contributed by atoms with van der Waals surface area (Å²) in [5, 5.41) is 9.13. The van der Waals surface area contributed by atoms with Gasteiger partial charge >= 0.3 is 5.97 Å². The molecule has 0 heterocycles. The van der Waals surface area contributed by atoms with Crippen LogP contribution in [0.5, 0.6) is 0 Å². The highest BCUT2D eigenvalue weighted by atomic mass is 16.4. The van der Waals surface area contributed by atoms with Crippen LogP contribution in [0.2, 0.25) is 0 Å². The summed E-state index contributed by atoms with van der Waals surface area (Å²) >= 11 is 0. The molecule has 86 valence electrons. The molecule has 0 aromatic heterocycles. The van der Waals surface area contributed by atoms with Crippen LogP contribution in [0.15, 0.2) is 0 Å². The Morgan fingerprint density at radius 3 is 2.60 bits per heavy atom. The van der Waals surface area contributed by atoms with Gasteiger partial charge in [-0.3, -0.25) is 9.69 Å². The predicted octanol–water partition coefficient (Wildman–Crippen LogP) is 1.97. The SMILES string of the molecule is CCC(C(=O)O)N(C)C1CC2CCC1C2. The molecule has 2 bridgehead atoms. The number of nitrogens with zero attached hydrogens (tertiary/aromatic N) is 1. The summed E-state index contributed by atoms with van der Waals surface area (Å²) in [5.74, 6) is 0.991. The van der Waals surface area contributed by atoms with E-state index in [1.165, 1.54) is 25.7 Å². The van der Waals surface area contributed by atoms with Gasteiger partial charge in [0, 0.05) is 6.04 Å². The second-order valence-corrected chi connectivity index (χ2v) is 5.17. The molecule has 3 heteroatoms. The number of hydrogen-bond acceptors (Lipinski definition) is 2. The van der Waals surface area contributed by atoms with Crippen LogP contribution in [0.4, 0.5) is 0 Å². The zero-order chi connectivity index (χ0) is 11.0. The molecule has 2 fully saturated rings. The Morgan fingerprint density at radius 2 is 2.20 bits per heavy atom. The van der Waals surface area contributed by atoms with E-state index in [1.54, 1.807) is 0 Å². The van der Waals surface area contributed by atoms with Crippen molar-refractivity contribution in [3.8, 4) is 0 Å². The summed E-state index contributed by atoms with van der Waals surface area (Å²) in [6.07, 6.45) is 5.96. The monoisotopic (exact) mass is 211 g/mol. The molecule has 2 saturated carbocycles. The van der Waals surface area contributed by atoms with Gasteiger partial charge in [0.15, 0.2) is 0 Å². The fraction of sp³-hybridized carbons (Fsp3) is 0.917. The second-order valence-electron chi connectivity index (χ2n) is 5.17. The van der Waals surface area contributed by atoms with E-state index in [0.29, 0.717) is 12.5 Å². The van der Waals surface area contributed by atoms with E-state index < -0.39 is 5.97 Å². The molecule has 0 saturated heterocycles. The molecule has 0 spiro atoms. The lowest BCUT2D eigenvalue weighted by Crippen LogP contribution is -2.46. The van der Waals surface area contributed by atoms with Crippen molar-refractivity contribution in [2.24, 2.45) is 11.8 Å². The summed E-state index contributed by atoms with van der Waals surface area (Å²) in [6, 6.07) is 0.249. The van der Waals surface area contributed by atoms with E-state index in [-0.39, 0.29) is 6.04 Å². The normalized spacial score (nSPS) is 36.1. The molecule has 3 nitrogen and oxygen atoms in total. The lowest BCUT2D eigenvalue weighted by molar-refractivity contribution is -0.144. The van der Waals surface area contributed by atoms with Gasteiger partial charge < -0.3 is 5.11 Å². The Hall–Kier alpha value is -0.570. The van der Waals surface area contributed by atoms with Crippen LogP contribution < -0.4 is 0 Å². The smallest absolute Gasteiger partial charge is 0.320 e. The summed E-state index contributed by atoms with van der Waals surface area (Å²) in [7, 11) is 1.99. The summed E-state index contributed by atoms with van der Waals surface area (Å²) < 4.78 is 0. The van der Waals surface area contributed by atoms with Crippen LogP contribution in [-0.4, -0.2) is 35.1 Å². The van der Waals surface area contributed by atoms with E-state index in [2.05, 4.69) is 4.90 Å². The quantitative estimate of drug-likeness (QED) is 0.773. The molecule has 2 rings (SSSR count). The number of carbonyl (C=O) groups is 1. The van der Waals surface area contributed by atoms with Crippen LogP contribution in [0.3, 0.4) is 0 Å². The van der Waals surface area contributed by atoms with Crippen LogP contribution in [0.25, 0.3) is 0 Å². The largest absolute Gasteiger partial charge is 0.480 e. The zero-order valence-electron chi connectivity index (χ0n) is 9.65. The second kappa shape index (κ2) is 4.12. The summed E-state index contributed by atoms with van der Waals surface area (Å²) in [4.78, 5) is 13.2. The number of hydrogen-bond donors (Lipinski definition) is 1. The number of carboxylic acid groups (broad SMARTS) is 1. The molecule has 0 radical (unpaired) electrons. The number of likely N-dealkylation sites (N-methyl/N-ethyl adjacent to an activating group) is 1. The van der Waals surface area contributed by atoms with Crippen LogP contribution in [0, 0.1) is 11.8 Å². The maximum absolute atomic E-state index is 11.1. The standard InChI is InChI=1S/C12H21NO2/c1-3-10(12(14)15)13(2)11-7-8-4-5-9(11)6-8/h8-11H,3-7H2,1-2H3,(H,14,15). The first-order chi connectivity index (χ1) is 7.13. The molecule has 2 aliphatic carbocycles. The zero-order valence-corrected chi connectivity index (χ0v) is 9.65. The number of fused-ring (bicyclic) bond motifs is 2. The van der Waals surface area contributed by atoms with Crippen molar-refractivity contribution in [1.82, 2.24) is 4.90 Å². The molecule has 2 aliphatic rings. The predicted molar refractivity (Wildman–Crippen MR) is 58.7 cm³/mol. The highest BCUT2D eigenvalue weighted by Crippen LogP contribution is 2.46. The van der Waals surface area contributed by atoms with Gasteiger partial charge in [0.2, 0.25) is 0 Å². The Kier molecular flexibility index (Phi) is 3.01. The molecule has 0 aromatic rings. The molecule has 15 heavy (non-hydrogen) atoms. The number of aliphatic carboxylic acids is 1. The lowest BCUT2D eigenvalue weighted by Gasteiger charge is -2.35. The van der Waals surface area contributed by atoms with Crippen molar-refractivity contribution in [3.05, 3.63) is 0 Å². The van der Waals surface area contributed by atoms with E-state index in [9.17, 15) is 4.79 Å². The molecular formula is C12H21NO2. The van der Waals surface area contributed by atoms with E-state index in [1.807, 2.05) is 14.0 Å². The van der Waals surface area contributed by atoms with Gasteiger partial charge in [0.1, 0.15) is 6.04 Å². The highest BCUT2D eigenvalue weighted by Gasteiger charge is 2.43. The van der Waals surface area contributed by atoms with Crippen LogP contribution in [0.1, 0.15) is 39.0 Å². The van der Waals surface area contributed by atoms with E-state index in [4.69, 9.17) is 5.11 Å². The van der Waals surface area contributed by atoms with Gasteiger partial charge in [0.25, 0.3) is 0 Å². The first-order valence-electron chi connectivity index (χ1n) is 6.08. The molecule has 4 atom stereocenters. The third-order valence-electron chi connectivity index (χ3n) is 4.39. The van der Waals surface area contributed by atoms with Crippen molar-refractivity contribution in [3.63, 3.8) is 0 Å². The molecule has 4 unspecified atom stereocenters. The maximum atomic E-state index is 11.1. The van der Waals surface area contributed by atoms with Crippen molar-refractivity contribution in [2.75, 3.05) is 7.05 Å². The summed E-state index contributed by atoms with van der Waals surface area (Å²) in [5.41, 5.74) is 0. The highest BCUT2D eigenvalue weighted by molar-refractivity contribution is 5.73. The average Bonchev–Trinajstić information content (AvgIpc) is 2.78. The van der Waals surface area contributed by atoms with Crippen LogP contribution in [-0.2, 0) is 4.79 Å². The van der Waals surface area contributed by atoms with Gasteiger partial charge in [-0.1, -0.05) is 13.3 Å². The van der Waals surface area contributed by atoms with Gasteiger partial charge in [-0.25, -0.2) is 0 Å². The van der Waals surface area contributed by atoms with Crippen molar-refractivity contribution >= 4 is 5.97 Å². The lowest BCUT2D eigenvalue weighted by atomic mass is 9.93. The minimum Gasteiger partial charge on any atom is -0.480 e. The Bertz CT molecular complexity index is 254. The van der Waals surface area contributed by atoms with Gasteiger partial charge in [-0.05, 0) is 44.6 Å². The minimum absolute atomic E-state index is 0.283. The first kappa shape index (κ1) is 10.9. The van der Waals surface area contributed by atoms with Crippen molar-refractivity contribution in [2.45, 2.75) is 51.1 Å². The molecule has 1 N–H and O–H groups in total. The summed E-state index contributed by atoms with van der Waals surface area (Å²) in [6.45, 7) is 1.96. The fourth-order valence-electron chi connectivity index (χ4n) is 3.58. The van der Waals surface area contributed by atoms with Gasteiger partial charge in [-0.2, -0.15) is 0 Å². The molecule has 0 aliphatic heterocycles. The average molecular weight is 211 g/mol. The van der Waals surface area contributed by atoms with E-state index >= 15 is 0 Å². The number of rotatable bonds is 4. The molecule has 0 amide bonds. The Labute approximate surface area is 91.5 Å². The first-order valence-corrected chi connectivity index (χ1v) is 6.08. The Balaban J connectivity index is 2.01. The molecular weight excluding hydrogens is 190 g/mol. The third-order valence-corrected chi connectivity index (χ3v) is 4.39. The number of carboxylic acids is 1. The van der Waals surface area contributed by atoms with Crippen LogP contribution >= 0.6 is 0 Å². The van der Waals surface area contributed by atoms with Gasteiger partial charge in [-0.15, -0.1) is 0 Å². The van der Waals surface area contributed by atoms with Crippen molar-refractivity contribution in [1.29, 1.82) is 0 Å². The Morgan fingerprint density at radius 1 is 1.47 bits per heavy atom. The maximum Gasteiger partial charge on any atom is 0.320 e. The van der Waals surface area contributed by atoms with Crippen molar-refractivity contribution < 1.29 is 9.90 Å². The molecule has 0 aromatic carbocycles. The minimum atomic E-state index is -0.664.